The van der Waals surface area contributed by atoms with Gasteiger partial charge in [-0.25, -0.2) is 0 Å². The van der Waals surface area contributed by atoms with Gasteiger partial charge < -0.3 is 10.6 Å². The summed E-state index contributed by atoms with van der Waals surface area (Å²) < 4.78 is 0. The lowest BCUT2D eigenvalue weighted by Crippen LogP contribution is -2.92. The van der Waals surface area contributed by atoms with Gasteiger partial charge in [-0.2, -0.15) is 5.26 Å². The Bertz CT molecular complexity index is 941. The molecule has 0 bridgehead atoms. The first-order valence-corrected chi connectivity index (χ1v) is 10.3. The van der Waals surface area contributed by atoms with E-state index >= 15 is 0 Å². The maximum absolute atomic E-state index is 12.7. The second-order valence-corrected chi connectivity index (χ2v) is 7.73. The number of carbonyl (C=O) groups is 1. The maximum atomic E-state index is 12.7. The Kier molecular flexibility index (Phi) is 6.59. The van der Waals surface area contributed by atoms with Crippen LogP contribution in [0.1, 0.15) is 41.5 Å². The number of aryl methyl sites for hydroxylation is 1. The molecule has 0 unspecified atom stereocenters. The Balaban J connectivity index is 1.73. The van der Waals surface area contributed by atoms with Crippen molar-refractivity contribution in [2.24, 2.45) is 0 Å². The molecule has 3 N–H and O–H groups in total. The Morgan fingerprint density at radius 2 is 1.86 bits per heavy atom. The molecule has 2 atom stereocenters. The number of carbonyl (C=O) groups excluding carboxylic acids is 1. The van der Waals surface area contributed by atoms with Gasteiger partial charge in [-0.15, -0.1) is 11.3 Å². The first-order valence-electron chi connectivity index (χ1n) is 9.39. The first kappa shape index (κ1) is 19.8. The van der Waals surface area contributed by atoms with E-state index in [1.165, 1.54) is 16.0 Å². The van der Waals surface area contributed by atoms with Gasteiger partial charge >= 0.3 is 0 Å². The summed E-state index contributed by atoms with van der Waals surface area (Å²) in [4.78, 5) is 13.9. The molecule has 0 aliphatic carbocycles. The van der Waals surface area contributed by atoms with Gasteiger partial charge in [0.1, 0.15) is 6.04 Å². The molecule has 0 saturated heterocycles. The lowest BCUT2D eigenvalue weighted by molar-refractivity contribution is -0.703. The zero-order chi connectivity index (χ0) is 19.9. The fourth-order valence-corrected chi connectivity index (χ4v) is 3.89. The van der Waals surface area contributed by atoms with Crippen LogP contribution in [-0.4, -0.2) is 11.9 Å². The number of rotatable bonds is 7. The minimum absolute atomic E-state index is 0.0588. The Morgan fingerprint density at radius 3 is 2.43 bits per heavy atom. The fraction of sp³-hybridized carbons (Fsp3) is 0.217. The number of nitriles is 1. The number of nitrogens with one attached hydrogen (secondary N) is 1. The highest BCUT2D eigenvalue weighted by Gasteiger charge is 2.25. The van der Waals surface area contributed by atoms with Gasteiger partial charge in [0, 0.05) is 11.3 Å². The van der Waals surface area contributed by atoms with E-state index in [1.54, 1.807) is 35.6 Å². The highest BCUT2D eigenvalue weighted by Crippen LogP contribution is 2.23. The van der Waals surface area contributed by atoms with Crippen LogP contribution in [0.5, 0.6) is 0 Å². The van der Waals surface area contributed by atoms with Crippen LogP contribution in [0.15, 0.2) is 66.0 Å². The topological polar surface area (TPSA) is 69.5 Å². The summed E-state index contributed by atoms with van der Waals surface area (Å²) >= 11 is 1.70. The normalized spacial score (nSPS) is 12.8. The monoisotopic (exact) mass is 390 g/mol. The van der Waals surface area contributed by atoms with Crippen molar-refractivity contribution >= 4 is 22.9 Å². The van der Waals surface area contributed by atoms with E-state index < -0.39 is 0 Å². The van der Waals surface area contributed by atoms with Gasteiger partial charge in [0.25, 0.3) is 5.91 Å². The molecule has 4 nitrogen and oxygen atoms in total. The Morgan fingerprint density at radius 1 is 1.14 bits per heavy atom. The predicted octanol–water partition coefficient (Wildman–Crippen LogP) is 3.86. The molecule has 2 aromatic carbocycles. The lowest BCUT2D eigenvalue weighted by atomic mass is 10.0. The van der Waals surface area contributed by atoms with Crippen molar-refractivity contribution in [3.05, 3.63) is 87.6 Å². The maximum Gasteiger partial charge on any atom is 0.282 e. The fourth-order valence-electron chi connectivity index (χ4n) is 3.06. The second kappa shape index (κ2) is 9.32. The molecule has 0 aliphatic heterocycles. The van der Waals surface area contributed by atoms with E-state index in [0.29, 0.717) is 11.3 Å². The zero-order valence-electron chi connectivity index (χ0n) is 16.1. The number of anilines is 1. The average molecular weight is 391 g/mol. The van der Waals surface area contributed by atoms with Crippen LogP contribution in [0.3, 0.4) is 0 Å². The molecule has 3 aromatic rings. The number of thiophene rings is 1. The summed E-state index contributed by atoms with van der Waals surface area (Å²) in [5.74, 6) is -0.0588. The molecule has 5 heteroatoms. The molecule has 142 valence electrons. The van der Waals surface area contributed by atoms with E-state index in [4.69, 9.17) is 5.26 Å². The van der Waals surface area contributed by atoms with Crippen molar-refractivity contribution in [1.82, 2.24) is 0 Å². The average Bonchev–Trinajstić information content (AvgIpc) is 3.27. The highest BCUT2D eigenvalue weighted by atomic mass is 32.1. The SMILES string of the molecule is CCc1ccc([C@H]([NH2+][C@@H](C)C(=O)Nc2ccc(C#N)cc2)c2cccs2)cc1. The van der Waals surface area contributed by atoms with Crippen LogP contribution in [0.4, 0.5) is 5.69 Å². The third kappa shape index (κ3) is 4.86. The van der Waals surface area contributed by atoms with Gasteiger partial charge in [0.2, 0.25) is 0 Å². The second-order valence-electron chi connectivity index (χ2n) is 6.75. The van der Waals surface area contributed by atoms with Crippen molar-refractivity contribution in [1.29, 1.82) is 5.26 Å². The predicted molar refractivity (Wildman–Crippen MR) is 113 cm³/mol. The van der Waals surface area contributed by atoms with Crippen molar-refractivity contribution in [2.75, 3.05) is 5.32 Å². The molecule has 0 spiro atoms. The number of amides is 1. The molecule has 1 amide bonds. The summed E-state index contributed by atoms with van der Waals surface area (Å²) in [7, 11) is 0. The van der Waals surface area contributed by atoms with E-state index in [9.17, 15) is 4.79 Å². The minimum atomic E-state index is -0.270. The zero-order valence-corrected chi connectivity index (χ0v) is 16.9. The van der Waals surface area contributed by atoms with Gasteiger partial charge in [-0.05, 0) is 54.6 Å². The summed E-state index contributed by atoms with van der Waals surface area (Å²) in [6, 6.07) is 21.6. The van der Waals surface area contributed by atoms with E-state index in [1.807, 2.05) is 13.0 Å². The van der Waals surface area contributed by atoms with Gasteiger partial charge in [0.05, 0.1) is 16.5 Å². The van der Waals surface area contributed by atoms with Crippen LogP contribution in [0.2, 0.25) is 0 Å². The van der Waals surface area contributed by atoms with Crippen LogP contribution >= 0.6 is 11.3 Å². The number of hydrogen-bond acceptors (Lipinski definition) is 3. The third-order valence-corrected chi connectivity index (χ3v) is 5.73. The lowest BCUT2D eigenvalue weighted by Gasteiger charge is -2.19. The number of benzene rings is 2. The number of hydrogen-bond donors (Lipinski definition) is 2. The van der Waals surface area contributed by atoms with Crippen LogP contribution < -0.4 is 10.6 Å². The van der Waals surface area contributed by atoms with Crippen molar-refractivity contribution in [3.63, 3.8) is 0 Å². The third-order valence-electron chi connectivity index (χ3n) is 4.77. The smallest absolute Gasteiger partial charge is 0.282 e. The molecule has 0 radical (unpaired) electrons. The molecule has 0 fully saturated rings. The molecule has 1 heterocycles. The molecule has 1 aromatic heterocycles. The molecule has 0 aliphatic rings. The first-order chi connectivity index (χ1) is 13.6. The van der Waals surface area contributed by atoms with Crippen molar-refractivity contribution in [3.8, 4) is 6.07 Å². The number of nitrogens with zero attached hydrogens (tertiary/aromatic N) is 1. The number of nitrogens with two attached hydrogens (primary N) is 1. The molecule has 28 heavy (non-hydrogen) atoms. The van der Waals surface area contributed by atoms with E-state index in [0.717, 1.165) is 6.42 Å². The number of quaternary nitrogens is 1. The quantitative estimate of drug-likeness (QED) is 0.643. The van der Waals surface area contributed by atoms with Gasteiger partial charge in [-0.1, -0.05) is 37.3 Å². The Labute approximate surface area is 169 Å². The molecule has 0 saturated carbocycles. The standard InChI is InChI=1S/C23H23N3OS/c1-3-17-6-10-19(11-7-17)22(21-5-4-14-28-21)25-16(2)23(27)26-20-12-8-18(15-24)9-13-20/h4-14,16,22,25H,3H2,1-2H3,(H,26,27)/p+1/t16-,22-/m0/s1. The van der Waals surface area contributed by atoms with Crippen LogP contribution in [0, 0.1) is 11.3 Å². The van der Waals surface area contributed by atoms with Crippen LogP contribution in [-0.2, 0) is 11.2 Å². The highest BCUT2D eigenvalue weighted by molar-refractivity contribution is 7.10. The summed E-state index contributed by atoms with van der Waals surface area (Å²) in [5, 5.41) is 16.0. The van der Waals surface area contributed by atoms with Gasteiger partial charge in [-0.3, -0.25) is 4.79 Å². The molecular formula is C23H24N3OS+. The van der Waals surface area contributed by atoms with Crippen LogP contribution in [0.25, 0.3) is 0 Å². The van der Waals surface area contributed by atoms with E-state index in [-0.39, 0.29) is 18.0 Å². The van der Waals surface area contributed by atoms with Crippen molar-refractivity contribution < 1.29 is 10.1 Å². The Hall–Kier alpha value is -2.94. The molecule has 3 rings (SSSR count). The van der Waals surface area contributed by atoms with Gasteiger partial charge in [0.15, 0.2) is 6.04 Å². The van der Waals surface area contributed by atoms with E-state index in [2.05, 4.69) is 59.3 Å². The van der Waals surface area contributed by atoms with Crippen molar-refractivity contribution in [2.45, 2.75) is 32.4 Å². The minimum Gasteiger partial charge on any atom is -0.326 e. The summed E-state index contributed by atoms with van der Waals surface area (Å²) in [6.45, 7) is 4.06. The molecular weight excluding hydrogens is 366 g/mol. The summed E-state index contributed by atoms with van der Waals surface area (Å²) in [5.41, 5.74) is 3.77. The summed E-state index contributed by atoms with van der Waals surface area (Å²) in [6.07, 6.45) is 1.01. The largest absolute Gasteiger partial charge is 0.326 e.